The van der Waals surface area contributed by atoms with Crippen LogP contribution in [0.2, 0.25) is 0 Å². The summed E-state index contributed by atoms with van der Waals surface area (Å²) in [7, 11) is 0. The molecule has 0 aliphatic heterocycles. The van der Waals surface area contributed by atoms with Gasteiger partial charge in [-0.1, -0.05) is 6.92 Å². The largest absolute Gasteiger partial charge is 0.456 e. The van der Waals surface area contributed by atoms with E-state index in [0.29, 0.717) is 17.5 Å². The van der Waals surface area contributed by atoms with Gasteiger partial charge in [0, 0.05) is 6.42 Å². The fourth-order valence-corrected chi connectivity index (χ4v) is 1.20. The molecular weight excluding hydrogens is 204 g/mol. The first-order chi connectivity index (χ1) is 6.83. The molecule has 0 N–H and O–H groups in total. The summed E-state index contributed by atoms with van der Waals surface area (Å²) in [6, 6.07) is 3.70. The number of furan rings is 1. The zero-order valence-electron chi connectivity index (χ0n) is 7.66. The molecule has 4 nitrogen and oxygen atoms in total. The lowest BCUT2D eigenvalue weighted by Crippen LogP contribution is -1.74. The van der Waals surface area contributed by atoms with E-state index in [1.807, 2.05) is 19.1 Å². The third-order valence-electron chi connectivity index (χ3n) is 1.80. The summed E-state index contributed by atoms with van der Waals surface area (Å²) < 4.78 is 10.7. The summed E-state index contributed by atoms with van der Waals surface area (Å²) in [6.45, 7) is 2.01. The highest BCUT2D eigenvalue weighted by molar-refractivity contribution is 6.16. The molecule has 0 bridgehead atoms. The maximum absolute atomic E-state index is 5.53. The van der Waals surface area contributed by atoms with Crippen molar-refractivity contribution in [3.05, 3.63) is 23.8 Å². The van der Waals surface area contributed by atoms with Gasteiger partial charge in [-0.3, -0.25) is 0 Å². The molecular formula is C9H9ClN2O2. The van der Waals surface area contributed by atoms with Crippen molar-refractivity contribution in [3.8, 4) is 11.7 Å². The summed E-state index contributed by atoms with van der Waals surface area (Å²) in [4.78, 5) is 0. The summed E-state index contributed by atoms with van der Waals surface area (Å²) >= 11 is 5.53. The Labute approximate surface area is 85.9 Å². The van der Waals surface area contributed by atoms with Crippen molar-refractivity contribution in [2.75, 3.05) is 0 Å². The van der Waals surface area contributed by atoms with E-state index in [1.165, 1.54) is 0 Å². The van der Waals surface area contributed by atoms with Crippen LogP contribution in [0.25, 0.3) is 11.7 Å². The van der Waals surface area contributed by atoms with Gasteiger partial charge in [0.1, 0.15) is 11.6 Å². The molecule has 0 radical (unpaired) electrons. The zero-order valence-corrected chi connectivity index (χ0v) is 8.41. The molecule has 14 heavy (non-hydrogen) atoms. The van der Waals surface area contributed by atoms with Gasteiger partial charge in [0.2, 0.25) is 5.89 Å². The van der Waals surface area contributed by atoms with Gasteiger partial charge in [0.15, 0.2) is 5.76 Å². The van der Waals surface area contributed by atoms with Crippen molar-refractivity contribution in [3.63, 3.8) is 0 Å². The molecule has 0 fully saturated rings. The maximum Gasteiger partial charge on any atom is 0.283 e. The summed E-state index contributed by atoms with van der Waals surface area (Å²) in [5.74, 6) is 2.47. The van der Waals surface area contributed by atoms with Gasteiger partial charge in [-0.25, -0.2) is 0 Å². The van der Waals surface area contributed by atoms with Crippen LogP contribution in [0.4, 0.5) is 0 Å². The molecule has 2 aromatic rings. The van der Waals surface area contributed by atoms with E-state index in [0.717, 1.165) is 12.2 Å². The molecule has 0 atom stereocenters. The number of rotatable bonds is 3. The number of hydrogen-bond donors (Lipinski definition) is 0. The second kappa shape index (κ2) is 3.84. The van der Waals surface area contributed by atoms with Crippen molar-refractivity contribution in [1.82, 2.24) is 10.2 Å². The van der Waals surface area contributed by atoms with E-state index in [4.69, 9.17) is 20.4 Å². The Bertz CT molecular complexity index is 382. The molecule has 0 amide bonds. The van der Waals surface area contributed by atoms with Crippen LogP contribution < -0.4 is 0 Å². The Morgan fingerprint density at radius 1 is 1.29 bits per heavy atom. The molecule has 0 unspecified atom stereocenters. The molecule has 74 valence electrons. The molecule has 0 aliphatic carbocycles. The minimum atomic E-state index is 0.217. The van der Waals surface area contributed by atoms with E-state index in [2.05, 4.69) is 10.2 Å². The van der Waals surface area contributed by atoms with Crippen molar-refractivity contribution in [1.29, 1.82) is 0 Å². The predicted molar refractivity (Wildman–Crippen MR) is 50.9 cm³/mol. The van der Waals surface area contributed by atoms with Crippen LogP contribution in [0, 0.1) is 0 Å². The number of hydrogen-bond acceptors (Lipinski definition) is 4. The Morgan fingerprint density at radius 2 is 2.14 bits per heavy atom. The van der Waals surface area contributed by atoms with Crippen LogP contribution >= 0.6 is 11.6 Å². The van der Waals surface area contributed by atoms with E-state index in [9.17, 15) is 0 Å². The second-order valence-corrected chi connectivity index (χ2v) is 3.02. The molecule has 5 heteroatoms. The molecule has 2 aromatic heterocycles. The SMILES string of the molecule is CCc1ccc(-c2nnc(CCl)o2)o1. The van der Waals surface area contributed by atoms with Crippen molar-refractivity contribution >= 4 is 11.6 Å². The second-order valence-electron chi connectivity index (χ2n) is 2.75. The quantitative estimate of drug-likeness (QED) is 0.734. The van der Waals surface area contributed by atoms with Gasteiger partial charge < -0.3 is 8.83 Å². The molecule has 2 heterocycles. The van der Waals surface area contributed by atoms with Gasteiger partial charge in [-0.15, -0.1) is 21.8 Å². The van der Waals surface area contributed by atoms with Gasteiger partial charge in [-0.2, -0.15) is 0 Å². The average molecular weight is 213 g/mol. The molecule has 0 saturated heterocycles. The highest BCUT2D eigenvalue weighted by atomic mass is 35.5. The fraction of sp³-hybridized carbons (Fsp3) is 0.333. The third-order valence-corrected chi connectivity index (χ3v) is 2.03. The Kier molecular flexibility index (Phi) is 2.54. The molecule has 0 aliphatic rings. The zero-order chi connectivity index (χ0) is 9.97. The van der Waals surface area contributed by atoms with Crippen LogP contribution in [-0.4, -0.2) is 10.2 Å². The van der Waals surface area contributed by atoms with Crippen LogP contribution in [0.1, 0.15) is 18.6 Å². The third kappa shape index (κ3) is 1.65. The van der Waals surface area contributed by atoms with E-state index in [1.54, 1.807) is 0 Å². The Morgan fingerprint density at radius 3 is 2.71 bits per heavy atom. The van der Waals surface area contributed by atoms with Gasteiger partial charge in [0.05, 0.1) is 0 Å². The summed E-state index contributed by atoms with van der Waals surface area (Å²) in [5, 5.41) is 7.55. The average Bonchev–Trinajstić information content (AvgIpc) is 2.86. The standard InChI is InChI=1S/C9H9ClN2O2/c1-2-6-3-4-7(13-6)9-12-11-8(5-10)14-9/h3-4H,2,5H2,1H3. The maximum atomic E-state index is 5.53. The van der Waals surface area contributed by atoms with E-state index >= 15 is 0 Å². The minimum Gasteiger partial charge on any atom is -0.456 e. The lowest BCUT2D eigenvalue weighted by atomic mass is 10.3. The van der Waals surface area contributed by atoms with Crippen molar-refractivity contribution in [2.24, 2.45) is 0 Å². The molecule has 0 aromatic carbocycles. The van der Waals surface area contributed by atoms with Crippen LogP contribution in [0.3, 0.4) is 0 Å². The van der Waals surface area contributed by atoms with Gasteiger partial charge >= 0.3 is 0 Å². The molecule has 0 spiro atoms. The topological polar surface area (TPSA) is 52.1 Å². The first-order valence-electron chi connectivity index (χ1n) is 4.31. The van der Waals surface area contributed by atoms with E-state index in [-0.39, 0.29) is 5.88 Å². The summed E-state index contributed by atoms with van der Waals surface area (Å²) in [6.07, 6.45) is 0.844. The molecule has 2 rings (SSSR count). The van der Waals surface area contributed by atoms with Crippen LogP contribution in [0.5, 0.6) is 0 Å². The monoisotopic (exact) mass is 212 g/mol. The van der Waals surface area contributed by atoms with Crippen molar-refractivity contribution < 1.29 is 8.83 Å². The highest BCUT2D eigenvalue weighted by Gasteiger charge is 2.11. The molecule has 0 saturated carbocycles. The van der Waals surface area contributed by atoms with Crippen LogP contribution in [0.15, 0.2) is 21.0 Å². The minimum absolute atomic E-state index is 0.217. The van der Waals surface area contributed by atoms with Gasteiger partial charge in [-0.05, 0) is 12.1 Å². The Balaban J connectivity index is 2.29. The van der Waals surface area contributed by atoms with Crippen LogP contribution in [-0.2, 0) is 12.3 Å². The number of nitrogens with zero attached hydrogens (tertiary/aromatic N) is 2. The highest BCUT2D eigenvalue weighted by Crippen LogP contribution is 2.21. The first-order valence-corrected chi connectivity index (χ1v) is 4.84. The number of aryl methyl sites for hydroxylation is 1. The number of halogens is 1. The smallest absolute Gasteiger partial charge is 0.283 e. The number of alkyl halides is 1. The lowest BCUT2D eigenvalue weighted by Gasteiger charge is -1.87. The normalized spacial score (nSPS) is 10.7. The van der Waals surface area contributed by atoms with E-state index < -0.39 is 0 Å². The van der Waals surface area contributed by atoms with Gasteiger partial charge in [0.25, 0.3) is 5.89 Å². The fourth-order valence-electron chi connectivity index (χ4n) is 1.09. The first kappa shape index (κ1) is 9.27. The number of aromatic nitrogens is 2. The Hall–Kier alpha value is -1.29. The summed E-state index contributed by atoms with van der Waals surface area (Å²) in [5.41, 5.74) is 0. The lowest BCUT2D eigenvalue weighted by molar-refractivity contribution is 0.476. The predicted octanol–water partition coefficient (Wildman–Crippen LogP) is 2.63. The van der Waals surface area contributed by atoms with Crippen molar-refractivity contribution in [2.45, 2.75) is 19.2 Å².